The van der Waals surface area contributed by atoms with Crippen molar-refractivity contribution in [3.63, 3.8) is 0 Å². The molecule has 12 nitrogen and oxygen atoms in total. The van der Waals surface area contributed by atoms with Gasteiger partial charge >= 0.3 is 0 Å². The van der Waals surface area contributed by atoms with Gasteiger partial charge in [-0.05, 0) is 64.9 Å². The van der Waals surface area contributed by atoms with Crippen LogP contribution in [0, 0.1) is 11.8 Å². The molecule has 1 aromatic carbocycles. The Hall–Kier alpha value is -3.45. The van der Waals surface area contributed by atoms with Gasteiger partial charge in [-0.3, -0.25) is 19.3 Å². The van der Waals surface area contributed by atoms with E-state index in [-0.39, 0.29) is 29.7 Å². The van der Waals surface area contributed by atoms with Crippen molar-refractivity contribution in [2.24, 2.45) is 17.6 Å². The molecule has 41 heavy (non-hydrogen) atoms. The van der Waals surface area contributed by atoms with E-state index in [0.717, 1.165) is 26.2 Å². The summed E-state index contributed by atoms with van der Waals surface area (Å²) in [5, 5.41) is 48.4. The molecule has 0 bridgehead atoms. The molecule has 5 rings (SSSR count). The number of nitrogens with one attached hydrogen (secondary N) is 1. The number of amides is 1. The first-order valence-electron chi connectivity index (χ1n) is 13.9. The van der Waals surface area contributed by atoms with E-state index in [2.05, 4.69) is 10.2 Å². The molecule has 12 heteroatoms. The number of allylic oxidation sites excluding steroid dienone is 1. The molecule has 0 unspecified atom stereocenters. The molecule has 4 atom stereocenters. The van der Waals surface area contributed by atoms with Gasteiger partial charge < -0.3 is 41.1 Å². The van der Waals surface area contributed by atoms with Crippen LogP contribution in [0.4, 0.5) is 0 Å². The van der Waals surface area contributed by atoms with Crippen LogP contribution in [0.15, 0.2) is 28.7 Å². The third-order valence-corrected chi connectivity index (χ3v) is 9.07. The Morgan fingerprint density at radius 3 is 2.51 bits per heavy atom. The number of ketones is 2. The molecule has 0 saturated carbocycles. The highest BCUT2D eigenvalue weighted by Crippen LogP contribution is 2.53. The van der Waals surface area contributed by atoms with Crippen molar-refractivity contribution in [1.29, 1.82) is 0 Å². The molecule has 222 valence electrons. The Morgan fingerprint density at radius 1 is 1.22 bits per heavy atom. The van der Waals surface area contributed by atoms with Gasteiger partial charge in [0.2, 0.25) is 5.78 Å². The van der Waals surface area contributed by atoms with Crippen molar-refractivity contribution in [2.45, 2.75) is 43.9 Å². The van der Waals surface area contributed by atoms with Crippen LogP contribution in [0.2, 0.25) is 0 Å². The molecule has 1 amide bonds. The number of fused-ring (bicyclic) bond motifs is 3. The van der Waals surface area contributed by atoms with Crippen LogP contribution >= 0.6 is 0 Å². The number of Topliss-reactive ketones (excluding diaryl/α,β-unsaturated/α-hetero) is 2. The van der Waals surface area contributed by atoms with E-state index in [4.69, 9.17) is 10.5 Å². The zero-order valence-corrected chi connectivity index (χ0v) is 23.6. The summed E-state index contributed by atoms with van der Waals surface area (Å²) in [4.78, 5) is 43.3. The molecule has 0 spiro atoms. The summed E-state index contributed by atoms with van der Waals surface area (Å²) in [6, 6.07) is 0.415. The summed E-state index contributed by atoms with van der Waals surface area (Å²) >= 11 is 0. The van der Waals surface area contributed by atoms with Crippen LogP contribution < -0.4 is 15.8 Å². The highest BCUT2D eigenvalue weighted by molar-refractivity contribution is 6.24. The Labute approximate surface area is 238 Å². The summed E-state index contributed by atoms with van der Waals surface area (Å²) < 4.78 is 5.74. The number of aromatic hydroxyl groups is 1. The van der Waals surface area contributed by atoms with Crippen LogP contribution in [0.1, 0.15) is 40.7 Å². The minimum atomic E-state index is -2.66. The number of carbonyl (C=O) groups excluding carboxylic acids is 3. The van der Waals surface area contributed by atoms with E-state index in [1.165, 1.54) is 30.9 Å². The first kappa shape index (κ1) is 29.1. The standard InChI is InChI=1S/C29H38N4O8/c1-32(2)22-17-11-14-10-16-20(18(34)12-15(25(16)41-3)13-31-6-9-33-7-4-5-8-33)23(35)19(14)26(37)29(17,40)27(38)21(24(22)36)28(30)39/h12,14,17,22,31,34,36-37,40H,4-11,13H2,1-3H3,(H2,30,39)/t14-,17-,22-,29-/m0/s1. The molecule has 7 N–H and O–H groups in total. The van der Waals surface area contributed by atoms with Crippen LogP contribution in [-0.4, -0.2) is 107 Å². The van der Waals surface area contributed by atoms with Gasteiger partial charge in [-0.15, -0.1) is 0 Å². The highest BCUT2D eigenvalue weighted by atomic mass is 16.5. The molecule has 1 fully saturated rings. The van der Waals surface area contributed by atoms with E-state index < -0.39 is 58.0 Å². The number of phenolic OH excluding ortho intramolecular Hbond substituents is 1. The second-order valence-electron chi connectivity index (χ2n) is 11.6. The van der Waals surface area contributed by atoms with Gasteiger partial charge in [0.1, 0.15) is 28.6 Å². The average molecular weight is 571 g/mol. The number of phenols is 1. The number of hydrogen-bond acceptors (Lipinski definition) is 11. The maximum Gasteiger partial charge on any atom is 0.255 e. The monoisotopic (exact) mass is 570 g/mol. The van der Waals surface area contributed by atoms with Gasteiger partial charge in [0.25, 0.3) is 5.91 Å². The molecule has 4 aliphatic rings. The Morgan fingerprint density at radius 2 is 1.90 bits per heavy atom. The van der Waals surface area contributed by atoms with Crippen molar-refractivity contribution in [1.82, 2.24) is 15.1 Å². The van der Waals surface area contributed by atoms with Gasteiger partial charge in [-0.1, -0.05) is 0 Å². The quantitative estimate of drug-likeness (QED) is 0.187. The lowest BCUT2D eigenvalue weighted by molar-refractivity contribution is -0.148. The first-order valence-corrected chi connectivity index (χ1v) is 13.9. The predicted octanol–water partition coefficient (Wildman–Crippen LogP) is 0.315. The van der Waals surface area contributed by atoms with Crippen LogP contribution in [-0.2, 0) is 22.6 Å². The smallest absolute Gasteiger partial charge is 0.255 e. The number of primary amides is 1. The Bertz CT molecular complexity index is 1360. The molecule has 1 saturated heterocycles. The number of aliphatic hydroxyl groups is 3. The predicted molar refractivity (Wildman–Crippen MR) is 148 cm³/mol. The third-order valence-electron chi connectivity index (χ3n) is 9.07. The fraction of sp³-hybridized carbons (Fsp3) is 0.552. The lowest BCUT2D eigenvalue weighted by atomic mass is 9.58. The molecule has 1 aliphatic heterocycles. The molecule has 3 aliphatic carbocycles. The number of likely N-dealkylation sites (tertiary alicyclic amines) is 1. The minimum Gasteiger partial charge on any atom is -0.510 e. The van der Waals surface area contributed by atoms with E-state index in [0.29, 0.717) is 23.4 Å². The van der Waals surface area contributed by atoms with Gasteiger partial charge in [-0.25, -0.2) is 0 Å². The number of nitrogens with zero attached hydrogens (tertiary/aromatic N) is 2. The molecule has 0 aromatic heterocycles. The highest BCUT2D eigenvalue weighted by Gasteiger charge is 2.63. The number of nitrogens with two attached hydrogens (primary N) is 1. The van der Waals surface area contributed by atoms with Gasteiger partial charge in [0.15, 0.2) is 11.4 Å². The molecule has 0 radical (unpaired) electrons. The normalized spacial score (nSPS) is 28.2. The zero-order chi connectivity index (χ0) is 29.8. The number of rotatable bonds is 8. The van der Waals surface area contributed by atoms with Crippen LogP contribution in [0.3, 0.4) is 0 Å². The average Bonchev–Trinajstić information content (AvgIpc) is 3.42. The first-order chi connectivity index (χ1) is 19.4. The Kier molecular flexibility index (Phi) is 7.62. The number of methoxy groups -OCH3 is 1. The van der Waals surface area contributed by atoms with Crippen LogP contribution in [0.25, 0.3) is 0 Å². The summed E-state index contributed by atoms with van der Waals surface area (Å²) in [6.07, 6.45) is 2.61. The van der Waals surface area contributed by atoms with Gasteiger partial charge in [0.05, 0.1) is 18.7 Å². The van der Waals surface area contributed by atoms with Gasteiger partial charge in [-0.2, -0.15) is 0 Å². The topological polar surface area (TPSA) is 186 Å². The summed E-state index contributed by atoms with van der Waals surface area (Å²) in [7, 11) is 4.68. The minimum absolute atomic E-state index is 0.0218. The SMILES string of the molecule is COc1c(CNCCN2CCCC2)cc(O)c2c1C[C@H]1C[C@H]3[C@H](N(C)C)C(O)=C(C(N)=O)C(=O)[C@@]3(O)C(O)=C1C2=O. The number of carbonyl (C=O) groups is 3. The number of benzene rings is 1. The van der Waals surface area contributed by atoms with E-state index in [1.54, 1.807) is 14.1 Å². The van der Waals surface area contributed by atoms with E-state index in [1.807, 2.05) is 0 Å². The van der Waals surface area contributed by atoms with Crippen LogP contribution in [0.5, 0.6) is 11.5 Å². The summed E-state index contributed by atoms with van der Waals surface area (Å²) in [5.74, 6) is -6.33. The lowest BCUT2D eigenvalue weighted by Gasteiger charge is -2.50. The molecular weight excluding hydrogens is 532 g/mol. The van der Waals surface area contributed by atoms with Crippen molar-refractivity contribution in [2.75, 3.05) is 47.4 Å². The fourth-order valence-electron chi connectivity index (χ4n) is 7.21. The summed E-state index contributed by atoms with van der Waals surface area (Å²) in [5.41, 5.74) is 2.77. The van der Waals surface area contributed by atoms with Crippen molar-refractivity contribution >= 4 is 17.5 Å². The van der Waals surface area contributed by atoms with E-state index >= 15 is 0 Å². The largest absolute Gasteiger partial charge is 0.510 e. The molecule has 1 heterocycles. The zero-order valence-electron chi connectivity index (χ0n) is 23.6. The number of likely N-dealkylation sites (N-methyl/N-ethyl adjacent to an activating group) is 1. The maximum atomic E-state index is 13.8. The summed E-state index contributed by atoms with van der Waals surface area (Å²) in [6.45, 7) is 4.23. The fourth-order valence-corrected chi connectivity index (χ4v) is 7.21. The molecular formula is C29H38N4O8. The number of hydrogen-bond donors (Lipinski definition) is 6. The number of ether oxygens (including phenoxy) is 1. The second-order valence-corrected chi connectivity index (χ2v) is 11.6. The molecule has 1 aromatic rings. The van der Waals surface area contributed by atoms with Gasteiger partial charge in [0, 0.05) is 42.3 Å². The van der Waals surface area contributed by atoms with E-state index in [9.17, 15) is 34.8 Å². The van der Waals surface area contributed by atoms with Crippen molar-refractivity contribution < 1.29 is 39.5 Å². The van der Waals surface area contributed by atoms with Crippen molar-refractivity contribution in [3.05, 3.63) is 45.4 Å². The maximum absolute atomic E-state index is 13.8. The van der Waals surface area contributed by atoms with Crippen molar-refractivity contribution in [3.8, 4) is 11.5 Å². The third kappa shape index (κ3) is 4.49. The lowest BCUT2D eigenvalue weighted by Crippen LogP contribution is -2.63. The Balaban J connectivity index is 1.53. The number of aliphatic hydroxyl groups excluding tert-OH is 2. The second kappa shape index (κ2) is 10.8.